The van der Waals surface area contributed by atoms with Crippen LogP contribution in [0.15, 0.2) is 36.7 Å². The molecular weight excluding hydrogens is 375 g/mol. The summed E-state index contributed by atoms with van der Waals surface area (Å²) in [5.74, 6) is -0.242. The number of aromatic nitrogens is 2. The predicted octanol–water partition coefficient (Wildman–Crippen LogP) is 4.27. The second-order valence-electron chi connectivity index (χ2n) is 7.04. The first-order valence-electron chi connectivity index (χ1n) is 9.59. The molecule has 1 aliphatic rings. The van der Waals surface area contributed by atoms with Gasteiger partial charge >= 0.3 is 0 Å². The molecule has 5 rings (SSSR count). The van der Waals surface area contributed by atoms with Gasteiger partial charge in [0.2, 0.25) is 0 Å². The molecule has 2 aromatic carbocycles. The van der Waals surface area contributed by atoms with E-state index in [1.54, 1.807) is 23.6 Å². The molecule has 1 fully saturated rings. The number of nitrogens with one attached hydrogen (secondary N) is 1. The van der Waals surface area contributed by atoms with Crippen LogP contribution in [0.25, 0.3) is 31.8 Å². The summed E-state index contributed by atoms with van der Waals surface area (Å²) in [7, 11) is 0. The SMILES string of the molecule is Fc1ccc2c(c1)c1cnccc1c1sc(NCCCN3CCOCC3)nc21. The van der Waals surface area contributed by atoms with Crippen molar-refractivity contribution in [3.63, 3.8) is 0 Å². The van der Waals surface area contributed by atoms with Gasteiger partial charge in [-0.1, -0.05) is 11.3 Å². The van der Waals surface area contributed by atoms with Gasteiger partial charge < -0.3 is 10.1 Å². The molecule has 0 radical (unpaired) electrons. The summed E-state index contributed by atoms with van der Waals surface area (Å²) in [4.78, 5) is 11.5. The van der Waals surface area contributed by atoms with Crippen LogP contribution in [0.5, 0.6) is 0 Å². The molecule has 0 atom stereocenters. The molecule has 0 bridgehead atoms. The molecule has 4 aromatic rings. The van der Waals surface area contributed by atoms with Crippen LogP contribution in [0.3, 0.4) is 0 Å². The van der Waals surface area contributed by atoms with E-state index in [9.17, 15) is 4.39 Å². The van der Waals surface area contributed by atoms with E-state index in [-0.39, 0.29) is 5.82 Å². The Labute approximate surface area is 166 Å². The molecule has 2 aromatic heterocycles. The molecule has 0 saturated carbocycles. The third-order valence-corrected chi connectivity index (χ3v) is 6.30. The maximum atomic E-state index is 13.9. The van der Waals surface area contributed by atoms with E-state index in [2.05, 4.69) is 15.2 Å². The predicted molar refractivity (Wildman–Crippen MR) is 113 cm³/mol. The Morgan fingerprint density at radius 1 is 1.11 bits per heavy atom. The number of benzene rings is 2. The highest BCUT2D eigenvalue weighted by molar-refractivity contribution is 7.23. The minimum Gasteiger partial charge on any atom is -0.379 e. The van der Waals surface area contributed by atoms with E-state index in [1.807, 2.05) is 18.3 Å². The standard InChI is InChI=1S/C21H21FN4OS/c22-14-2-3-15-17(12-14)18-13-23-6-4-16(18)20-19(15)25-21(28-20)24-5-1-7-26-8-10-27-11-9-26/h2-4,6,12-13H,1,5,7-11H2,(H,24,25). The Morgan fingerprint density at radius 2 is 2.00 bits per heavy atom. The molecule has 0 amide bonds. The van der Waals surface area contributed by atoms with Gasteiger partial charge in [0.05, 0.1) is 23.4 Å². The number of hydrogen-bond acceptors (Lipinski definition) is 6. The van der Waals surface area contributed by atoms with Crippen molar-refractivity contribution in [2.24, 2.45) is 0 Å². The van der Waals surface area contributed by atoms with Gasteiger partial charge in [-0.2, -0.15) is 0 Å². The van der Waals surface area contributed by atoms with Crippen LogP contribution in [0.4, 0.5) is 9.52 Å². The molecule has 0 aliphatic carbocycles. The highest BCUT2D eigenvalue weighted by Crippen LogP contribution is 2.39. The fourth-order valence-electron chi connectivity index (χ4n) is 3.84. The van der Waals surface area contributed by atoms with Crippen molar-refractivity contribution in [3.8, 4) is 0 Å². The lowest BCUT2D eigenvalue weighted by atomic mass is 10.0. The van der Waals surface area contributed by atoms with E-state index in [4.69, 9.17) is 9.72 Å². The number of anilines is 1. The number of thiazole rings is 1. The highest BCUT2D eigenvalue weighted by Gasteiger charge is 2.14. The van der Waals surface area contributed by atoms with Crippen LogP contribution in [-0.2, 0) is 4.74 Å². The number of hydrogen-bond donors (Lipinski definition) is 1. The normalized spacial score (nSPS) is 15.6. The smallest absolute Gasteiger partial charge is 0.183 e. The Kier molecular flexibility index (Phi) is 4.80. The number of ether oxygens (including phenoxy) is 1. The zero-order valence-electron chi connectivity index (χ0n) is 15.4. The number of nitrogens with zero attached hydrogens (tertiary/aromatic N) is 3. The van der Waals surface area contributed by atoms with Gasteiger partial charge in [0.15, 0.2) is 5.13 Å². The third kappa shape index (κ3) is 3.30. The van der Waals surface area contributed by atoms with Crippen molar-refractivity contribution >= 4 is 48.2 Å². The Morgan fingerprint density at radius 3 is 2.89 bits per heavy atom. The lowest BCUT2D eigenvalue weighted by molar-refractivity contribution is 0.0378. The zero-order valence-corrected chi connectivity index (χ0v) is 16.3. The molecule has 7 heteroatoms. The lowest BCUT2D eigenvalue weighted by Crippen LogP contribution is -2.37. The van der Waals surface area contributed by atoms with Crippen LogP contribution >= 0.6 is 11.3 Å². The molecule has 1 N–H and O–H groups in total. The van der Waals surface area contributed by atoms with Gasteiger partial charge in [-0.25, -0.2) is 9.37 Å². The summed E-state index contributed by atoms with van der Waals surface area (Å²) in [6, 6.07) is 6.89. The third-order valence-electron chi connectivity index (χ3n) is 5.25. The number of rotatable bonds is 5. The minimum atomic E-state index is -0.242. The largest absolute Gasteiger partial charge is 0.379 e. The highest BCUT2D eigenvalue weighted by atomic mass is 32.1. The molecule has 1 saturated heterocycles. The molecular formula is C21H21FN4OS. The van der Waals surface area contributed by atoms with E-state index < -0.39 is 0 Å². The van der Waals surface area contributed by atoms with E-state index in [1.165, 1.54) is 6.07 Å². The van der Waals surface area contributed by atoms with Crippen LogP contribution in [0.1, 0.15) is 6.42 Å². The van der Waals surface area contributed by atoms with Crippen LogP contribution < -0.4 is 5.32 Å². The lowest BCUT2D eigenvalue weighted by Gasteiger charge is -2.26. The average Bonchev–Trinajstić information content (AvgIpc) is 3.16. The topological polar surface area (TPSA) is 50.3 Å². The molecule has 0 unspecified atom stereocenters. The Hall–Kier alpha value is -2.35. The molecule has 28 heavy (non-hydrogen) atoms. The summed E-state index contributed by atoms with van der Waals surface area (Å²) in [6.45, 7) is 5.65. The molecule has 5 nitrogen and oxygen atoms in total. The van der Waals surface area contributed by atoms with Gasteiger partial charge in [-0.3, -0.25) is 9.88 Å². The van der Waals surface area contributed by atoms with Crippen LogP contribution in [0, 0.1) is 5.82 Å². The monoisotopic (exact) mass is 396 g/mol. The van der Waals surface area contributed by atoms with Crippen LogP contribution in [-0.4, -0.2) is 54.3 Å². The second kappa shape index (κ2) is 7.58. The maximum Gasteiger partial charge on any atom is 0.183 e. The Balaban J connectivity index is 1.43. The first kappa shape index (κ1) is 17.7. The summed E-state index contributed by atoms with van der Waals surface area (Å²) in [6.07, 6.45) is 4.65. The van der Waals surface area contributed by atoms with Crippen molar-refractivity contribution in [2.75, 3.05) is 44.7 Å². The van der Waals surface area contributed by atoms with Gasteiger partial charge in [0.1, 0.15) is 5.82 Å². The second-order valence-corrected chi connectivity index (χ2v) is 8.04. The van der Waals surface area contributed by atoms with Crippen molar-refractivity contribution < 1.29 is 9.13 Å². The van der Waals surface area contributed by atoms with Gasteiger partial charge in [-0.05, 0) is 42.6 Å². The number of halogens is 1. The fraction of sp³-hybridized carbons (Fsp3) is 0.333. The summed E-state index contributed by atoms with van der Waals surface area (Å²) < 4.78 is 20.4. The summed E-state index contributed by atoms with van der Waals surface area (Å²) in [5, 5.41) is 8.25. The van der Waals surface area contributed by atoms with Crippen LogP contribution in [0.2, 0.25) is 0 Å². The summed E-state index contributed by atoms with van der Waals surface area (Å²) >= 11 is 1.65. The first-order valence-corrected chi connectivity index (χ1v) is 10.4. The number of fused-ring (bicyclic) bond motifs is 6. The van der Waals surface area contributed by atoms with Crippen molar-refractivity contribution in [1.29, 1.82) is 0 Å². The van der Waals surface area contributed by atoms with E-state index >= 15 is 0 Å². The van der Waals surface area contributed by atoms with E-state index in [0.717, 1.165) is 82.7 Å². The molecule has 0 spiro atoms. The van der Waals surface area contributed by atoms with Crippen molar-refractivity contribution in [2.45, 2.75) is 6.42 Å². The maximum absolute atomic E-state index is 13.9. The van der Waals surface area contributed by atoms with Gasteiger partial charge in [0.25, 0.3) is 0 Å². The van der Waals surface area contributed by atoms with E-state index in [0.29, 0.717) is 0 Å². The number of pyridine rings is 1. The average molecular weight is 396 g/mol. The molecule has 3 heterocycles. The van der Waals surface area contributed by atoms with Gasteiger partial charge in [0, 0.05) is 48.2 Å². The minimum absolute atomic E-state index is 0.242. The van der Waals surface area contributed by atoms with Gasteiger partial charge in [-0.15, -0.1) is 0 Å². The summed E-state index contributed by atoms with van der Waals surface area (Å²) in [5.41, 5.74) is 0.925. The molecule has 144 valence electrons. The first-order chi connectivity index (χ1) is 13.8. The van der Waals surface area contributed by atoms with Crippen molar-refractivity contribution in [1.82, 2.24) is 14.9 Å². The fourth-order valence-corrected chi connectivity index (χ4v) is 4.88. The zero-order chi connectivity index (χ0) is 18.9. The molecule has 1 aliphatic heterocycles. The Bertz CT molecular complexity index is 1140. The number of morpholine rings is 1. The van der Waals surface area contributed by atoms with Crippen molar-refractivity contribution in [3.05, 3.63) is 42.5 Å². The quantitative estimate of drug-likeness (QED) is 0.403.